The molecule has 2 aromatic rings. The molecule has 6 heteroatoms. The number of aryl methyl sites for hydroxylation is 1. The summed E-state index contributed by atoms with van der Waals surface area (Å²) in [6, 6.07) is 4.52. The number of nitrogens with zero attached hydrogens (tertiary/aromatic N) is 4. The van der Waals surface area contributed by atoms with Crippen molar-refractivity contribution in [3.8, 4) is 0 Å². The Hall–Kier alpha value is -1.46. The van der Waals surface area contributed by atoms with Crippen LogP contribution < -0.4 is 0 Å². The van der Waals surface area contributed by atoms with Crippen molar-refractivity contribution < 1.29 is 4.39 Å². The van der Waals surface area contributed by atoms with Crippen molar-refractivity contribution in [1.82, 2.24) is 19.7 Å². The van der Waals surface area contributed by atoms with Crippen LogP contribution in [0.1, 0.15) is 17.2 Å². The van der Waals surface area contributed by atoms with Crippen LogP contribution in [0.15, 0.2) is 18.2 Å². The Bertz CT molecular complexity index is 597. The minimum Gasteiger partial charge on any atom is -0.317 e. The van der Waals surface area contributed by atoms with Crippen LogP contribution in [-0.2, 0) is 20.0 Å². The zero-order valence-corrected chi connectivity index (χ0v) is 12.7. The first-order valence-electron chi connectivity index (χ1n) is 6.44. The minimum atomic E-state index is -0.304. The van der Waals surface area contributed by atoms with E-state index in [0.717, 1.165) is 36.7 Å². The van der Waals surface area contributed by atoms with E-state index < -0.39 is 0 Å². The molecule has 1 heterocycles. The smallest absolute Gasteiger partial charge is 0.146 e. The van der Waals surface area contributed by atoms with Crippen LogP contribution in [0.4, 0.5) is 4.39 Å². The fourth-order valence-electron chi connectivity index (χ4n) is 1.94. The third-order valence-corrected chi connectivity index (χ3v) is 3.72. The van der Waals surface area contributed by atoms with Gasteiger partial charge < -0.3 is 4.57 Å². The van der Waals surface area contributed by atoms with Crippen molar-refractivity contribution in [3.63, 3.8) is 0 Å². The summed E-state index contributed by atoms with van der Waals surface area (Å²) < 4.78 is 14.9. The van der Waals surface area contributed by atoms with E-state index in [1.807, 2.05) is 25.6 Å². The summed E-state index contributed by atoms with van der Waals surface area (Å²) in [5.74, 6) is 1.52. The summed E-state index contributed by atoms with van der Waals surface area (Å²) >= 11 is 6.02. The lowest BCUT2D eigenvalue weighted by Crippen LogP contribution is -2.22. The molecule has 4 nitrogen and oxygen atoms in total. The van der Waals surface area contributed by atoms with Gasteiger partial charge in [-0.05, 0) is 38.1 Å². The summed E-state index contributed by atoms with van der Waals surface area (Å²) in [5.41, 5.74) is 0.953. The average molecular weight is 297 g/mol. The van der Waals surface area contributed by atoms with Gasteiger partial charge in [0.25, 0.3) is 0 Å². The summed E-state index contributed by atoms with van der Waals surface area (Å²) in [4.78, 5) is 2.14. The number of aromatic nitrogens is 3. The lowest BCUT2D eigenvalue weighted by Gasteiger charge is -2.16. The van der Waals surface area contributed by atoms with Gasteiger partial charge in [-0.2, -0.15) is 0 Å². The number of halogens is 2. The molecule has 0 N–H and O–H groups in total. The third kappa shape index (κ3) is 3.55. The van der Waals surface area contributed by atoms with Gasteiger partial charge in [0.1, 0.15) is 17.5 Å². The summed E-state index contributed by atoms with van der Waals surface area (Å²) in [7, 11) is 3.97. The largest absolute Gasteiger partial charge is 0.317 e. The Kier molecular flexibility index (Phi) is 4.73. The molecule has 0 saturated heterocycles. The summed E-state index contributed by atoms with van der Waals surface area (Å²) in [6.45, 7) is 3.46. The molecule has 2 rings (SSSR count). The molecule has 0 aliphatic heterocycles. The number of likely N-dealkylation sites (N-methyl/N-ethyl adjacent to an activating group) is 1. The molecule has 1 aromatic heterocycles. The molecule has 0 radical (unpaired) electrons. The number of benzene rings is 1. The van der Waals surface area contributed by atoms with E-state index in [9.17, 15) is 4.39 Å². The highest BCUT2D eigenvalue weighted by atomic mass is 35.5. The molecule has 0 unspecified atom stereocenters. The van der Waals surface area contributed by atoms with E-state index in [1.54, 1.807) is 6.07 Å². The molecule has 108 valence electrons. The van der Waals surface area contributed by atoms with Crippen molar-refractivity contribution in [3.05, 3.63) is 46.3 Å². The molecule has 20 heavy (non-hydrogen) atoms. The summed E-state index contributed by atoms with van der Waals surface area (Å²) in [6.07, 6.45) is 0.770. The molecule has 0 amide bonds. The first kappa shape index (κ1) is 14.9. The van der Waals surface area contributed by atoms with Crippen molar-refractivity contribution in [2.75, 3.05) is 13.6 Å². The van der Waals surface area contributed by atoms with Crippen LogP contribution in [0.3, 0.4) is 0 Å². The SMILES string of the molecule is Cc1nnc(CN(C)CCc2ccc(F)cc2Cl)n1C. The van der Waals surface area contributed by atoms with E-state index in [2.05, 4.69) is 15.1 Å². The molecular formula is C14H18ClFN4. The predicted octanol–water partition coefficient (Wildman–Crippen LogP) is 2.59. The fourth-order valence-corrected chi connectivity index (χ4v) is 2.21. The highest BCUT2D eigenvalue weighted by molar-refractivity contribution is 6.31. The highest BCUT2D eigenvalue weighted by Gasteiger charge is 2.09. The zero-order valence-electron chi connectivity index (χ0n) is 11.9. The van der Waals surface area contributed by atoms with Gasteiger partial charge in [-0.3, -0.25) is 4.90 Å². The molecule has 0 aliphatic carbocycles. The Morgan fingerprint density at radius 1 is 1.35 bits per heavy atom. The standard InChI is InChI=1S/C14H18ClFN4/c1-10-17-18-14(20(10)3)9-19(2)7-6-11-4-5-12(16)8-13(11)15/h4-5,8H,6-7,9H2,1-3H3. The van der Waals surface area contributed by atoms with E-state index in [4.69, 9.17) is 11.6 Å². The fraction of sp³-hybridized carbons (Fsp3) is 0.429. The monoisotopic (exact) mass is 296 g/mol. The van der Waals surface area contributed by atoms with Crippen molar-refractivity contribution in [1.29, 1.82) is 0 Å². The second-order valence-electron chi connectivity index (χ2n) is 4.95. The van der Waals surface area contributed by atoms with Crippen LogP contribution >= 0.6 is 11.6 Å². The maximum Gasteiger partial charge on any atom is 0.146 e. The zero-order chi connectivity index (χ0) is 14.7. The molecule has 0 aliphatic rings. The van der Waals surface area contributed by atoms with E-state index in [0.29, 0.717) is 5.02 Å². The van der Waals surface area contributed by atoms with Gasteiger partial charge in [0.05, 0.1) is 6.54 Å². The van der Waals surface area contributed by atoms with Crippen LogP contribution in [0.25, 0.3) is 0 Å². The van der Waals surface area contributed by atoms with E-state index >= 15 is 0 Å². The molecule has 0 bridgehead atoms. The lowest BCUT2D eigenvalue weighted by atomic mass is 10.1. The van der Waals surface area contributed by atoms with Crippen LogP contribution in [-0.4, -0.2) is 33.3 Å². The number of rotatable bonds is 5. The normalized spacial score (nSPS) is 11.3. The molecule has 1 aromatic carbocycles. The topological polar surface area (TPSA) is 34.0 Å². The Morgan fingerprint density at radius 3 is 2.70 bits per heavy atom. The van der Waals surface area contributed by atoms with Crippen LogP contribution in [0.2, 0.25) is 5.02 Å². The number of hydrogen-bond acceptors (Lipinski definition) is 3. The van der Waals surface area contributed by atoms with Crippen LogP contribution in [0, 0.1) is 12.7 Å². The molecule has 0 saturated carbocycles. The highest BCUT2D eigenvalue weighted by Crippen LogP contribution is 2.18. The van der Waals surface area contributed by atoms with Gasteiger partial charge in [-0.15, -0.1) is 10.2 Å². The maximum atomic E-state index is 13.0. The molecule has 0 spiro atoms. The van der Waals surface area contributed by atoms with Gasteiger partial charge >= 0.3 is 0 Å². The third-order valence-electron chi connectivity index (χ3n) is 3.37. The van der Waals surface area contributed by atoms with Crippen LogP contribution in [0.5, 0.6) is 0 Å². The first-order valence-corrected chi connectivity index (χ1v) is 6.82. The summed E-state index contributed by atoms with van der Waals surface area (Å²) in [5, 5.41) is 8.65. The second kappa shape index (κ2) is 6.33. The van der Waals surface area contributed by atoms with Crippen molar-refractivity contribution in [2.24, 2.45) is 7.05 Å². The maximum absolute atomic E-state index is 13.0. The quantitative estimate of drug-likeness (QED) is 0.850. The van der Waals surface area contributed by atoms with Crippen molar-refractivity contribution >= 4 is 11.6 Å². The van der Waals surface area contributed by atoms with E-state index in [1.165, 1.54) is 12.1 Å². The molecular weight excluding hydrogens is 279 g/mol. The van der Waals surface area contributed by atoms with Gasteiger partial charge in [0.15, 0.2) is 0 Å². The van der Waals surface area contributed by atoms with Crippen molar-refractivity contribution in [2.45, 2.75) is 19.9 Å². The minimum absolute atomic E-state index is 0.304. The average Bonchev–Trinajstić information content (AvgIpc) is 2.70. The Balaban J connectivity index is 1.92. The molecule has 0 atom stereocenters. The van der Waals surface area contributed by atoms with Gasteiger partial charge in [-0.25, -0.2) is 4.39 Å². The lowest BCUT2D eigenvalue weighted by molar-refractivity contribution is 0.318. The Morgan fingerprint density at radius 2 is 2.10 bits per heavy atom. The van der Waals surface area contributed by atoms with Gasteiger partial charge in [-0.1, -0.05) is 17.7 Å². The Labute approximate surface area is 123 Å². The predicted molar refractivity (Wildman–Crippen MR) is 77.2 cm³/mol. The second-order valence-corrected chi connectivity index (χ2v) is 5.35. The van der Waals surface area contributed by atoms with Gasteiger partial charge in [0.2, 0.25) is 0 Å². The van der Waals surface area contributed by atoms with E-state index in [-0.39, 0.29) is 5.82 Å². The molecule has 0 fully saturated rings. The number of hydrogen-bond donors (Lipinski definition) is 0. The van der Waals surface area contributed by atoms with Gasteiger partial charge in [0, 0.05) is 18.6 Å². The first-order chi connectivity index (χ1) is 9.47.